The van der Waals surface area contributed by atoms with Gasteiger partial charge in [0, 0.05) is 31.1 Å². The summed E-state index contributed by atoms with van der Waals surface area (Å²) in [5, 5.41) is 11.4. The molecule has 1 N–H and O–H groups in total. The van der Waals surface area contributed by atoms with Crippen LogP contribution in [-0.4, -0.2) is 47.7 Å². The van der Waals surface area contributed by atoms with Gasteiger partial charge in [-0.15, -0.1) is 5.10 Å². The molecule has 0 radical (unpaired) electrons. The van der Waals surface area contributed by atoms with Crippen molar-refractivity contribution in [1.29, 1.82) is 0 Å². The third kappa shape index (κ3) is 4.07. The molecular formula is C19H23ClN4O2. The highest BCUT2D eigenvalue weighted by atomic mass is 35.5. The van der Waals surface area contributed by atoms with Crippen molar-refractivity contribution in [2.24, 2.45) is 0 Å². The van der Waals surface area contributed by atoms with Crippen molar-refractivity contribution in [3.63, 3.8) is 0 Å². The number of carbonyl (C=O) groups excluding carboxylic acids is 1. The molecule has 1 aliphatic rings. The first-order valence-corrected chi connectivity index (χ1v) is 9.22. The van der Waals surface area contributed by atoms with Gasteiger partial charge in [-0.3, -0.25) is 4.79 Å². The van der Waals surface area contributed by atoms with Gasteiger partial charge in [-0.05, 0) is 43.5 Å². The third-order valence-electron chi connectivity index (χ3n) is 4.58. The fraction of sp³-hybridized carbons (Fsp3) is 0.421. The molecule has 0 aliphatic carbocycles. The molecule has 6 nitrogen and oxygen atoms in total. The van der Waals surface area contributed by atoms with Gasteiger partial charge in [0.15, 0.2) is 0 Å². The highest BCUT2D eigenvalue weighted by molar-refractivity contribution is 6.30. The summed E-state index contributed by atoms with van der Waals surface area (Å²) in [6.45, 7) is 3.93. The smallest absolute Gasteiger partial charge is 0.255 e. The molecule has 0 bridgehead atoms. The average Bonchev–Trinajstić information content (AvgIpc) is 2.68. The number of likely N-dealkylation sites (tertiary alicyclic amines) is 1. The highest BCUT2D eigenvalue weighted by Crippen LogP contribution is 2.35. The third-order valence-corrected chi connectivity index (χ3v) is 4.82. The SMILES string of the molecule is CCOc1cc(Cl)ccc1C1CCCN(C(=O)c2cnnc(NC)c2)C1. The minimum Gasteiger partial charge on any atom is -0.494 e. The molecular weight excluding hydrogens is 352 g/mol. The molecule has 2 heterocycles. The second kappa shape index (κ2) is 8.36. The first-order valence-electron chi connectivity index (χ1n) is 8.84. The number of amides is 1. The number of nitrogens with zero attached hydrogens (tertiary/aromatic N) is 3. The van der Waals surface area contributed by atoms with E-state index >= 15 is 0 Å². The van der Waals surface area contributed by atoms with Crippen molar-refractivity contribution in [2.45, 2.75) is 25.7 Å². The van der Waals surface area contributed by atoms with Crippen molar-refractivity contribution < 1.29 is 9.53 Å². The molecule has 138 valence electrons. The predicted octanol–water partition coefficient (Wildman–Crippen LogP) is 3.59. The van der Waals surface area contributed by atoms with Crippen LogP contribution in [0.25, 0.3) is 0 Å². The summed E-state index contributed by atoms with van der Waals surface area (Å²) in [7, 11) is 1.75. The Morgan fingerprint density at radius 3 is 3.04 bits per heavy atom. The molecule has 1 aromatic heterocycles. The first kappa shape index (κ1) is 18.5. The molecule has 1 aromatic carbocycles. The minimum atomic E-state index is -0.0203. The largest absolute Gasteiger partial charge is 0.494 e. The van der Waals surface area contributed by atoms with Crippen molar-refractivity contribution in [3.05, 3.63) is 46.6 Å². The van der Waals surface area contributed by atoms with E-state index in [9.17, 15) is 4.79 Å². The molecule has 1 aliphatic heterocycles. The summed E-state index contributed by atoms with van der Waals surface area (Å²) in [6.07, 6.45) is 3.48. The zero-order chi connectivity index (χ0) is 18.5. The van der Waals surface area contributed by atoms with E-state index in [1.807, 2.05) is 30.0 Å². The van der Waals surface area contributed by atoms with Gasteiger partial charge in [0.1, 0.15) is 11.6 Å². The van der Waals surface area contributed by atoms with Crippen LogP contribution in [0.5, 0.6) is 5.75 Å². The Hall–Kier alpha value is -2.34. The molecule has 26 heavy (non-hydrogen) atoms. The molecule has 1 unspecified atom stereocenters. The summed E-state index contributed by atoms with van der Waals surface area (Å²) in [5.41, 5.74) is 1.66. The summed E-state index contributed by atoms with van der Waals surface area (Å²) >= 11 is 6.12. The van der Waals surface area contributed by atoms with Gasteiger partial charge >= 0.3 is 0 Å². The maximum Gasteiger partial charge on any atom is 0.255 e. The maximum absolute atomic E-state index is 12.9. The number of hydrogen-bond donors (Lipinski definition) is 1. The van der Waals surface area contributed by atoms with E-state index in [1.165, 1.54) is 6.20 Å². The number of hydrogen-bond acceptors (Lipinski definition) is 5. The minimum absolute atomic E-state index is 0.0203. The number of aromatic nitrogens is 2. The number of halogens is 1. The highest BCUT2D eigenvalue weighted by Gasteiger charge is 2.27. The van der Waals surface area contributed by atoms with Crippen LogP contribution < -0.4 is 10.1 Å². The Morgan fingerprint density at radius 1 is 1.42 bits per heavy atom. The van der Waals surface area contributed by atoms with Crippen LogP contribution in [0.1, 0.15) is 41.6 Å². The summed E-state index contributed by atoms with van der Waals surface area (Å²) in [6, 6.07) is 7.48. The molecule has 2 aromatic rings. The second-order valence-electron chi connectivity index (χ2n) is 6.28. The number of rotatable bonds is 5. The second-order valence-corrected chi connectivity index (χ2v) is 6.72. The van der Waals surface area contributed by atoms with Crippen LogP contribution in [0.4, 0.5) is 5.82 Å². The number of anilines is 1. The van der Waals surface area contributed by atoms with E-state index in [4.69, 9.17) is 16.3 Å². The number of piperidine rings is 1. The topological polar surface area (TPSA) is 67.3 Å². The van der Waals surface area contributed by atoms with Crippen molar-refractivity contribution >= 4 is 23.3 Å². The van der Waals surface area contributed by atoms with Gasteiger partial charge in [-0.1, -0.05) is 17.7 Å². The summed E-state index contributed by atoms with van der Waals surface area (Å²) < 4.78 is 5.77. The molecule has 1 saturated heterocycles. The fourth-order valence-electron chi connectivity index (χ4n) is 3.33. The van der Waals surface area contributed by atoms with E-state index in [0.717, 1.165) is 30.7 Å². The Balaban J connectivity index is 1.80. The van der Waals surface area contributed by atoms with Crippen molar-refractivity contribution in [2.75, 3.05) is 32.1 Å². The molecule has 1 atom stereocenters. The van der Waals surface area contributed by atoms with E-state index in [2.05, 4.69) is 15.5 Å². The Morgan fingerprint density at radius 2 is 2.27 bits per heavy atom. The van der Waals surface area contributed by atoms with Crippen LogP contribution in [0.15, 0.2) is 30.5 Å². The lowest BCUT2D eigenvalue weighted by molar-refractivity contribution is 0.0705. The van der Waals surface area contributed by atoms with Gasteiger partial charge in [-0.25, -0.2) is 0 Å². The van der Waals surface area contributed by atoms with Gasteiger partial charge in [0.2, 0.25) is 0 Å². The van der Waals surface area contributed by atoms with Crippen LogP contribution in [0.3, 0.4) is 0 Å². The zero-order valence-corrected chi connectivity index (χ0v) is 15.8. The van der Waals surface area contributed by atoms with Crippen LogP contribution in [0, 0.1) is 0 Å². The zero-order valence-electron chi connectivity index (χ0n) is 15.0. The monoisotopic (exact) mass is 374 g/mol. The lowest BCUT2D eigenvalue weighted by atomic mass is 9.89. The van der Waals surface area contributed by atoms with Gasteiger partial charge in [0.25, 0.3) is 5.91 Å². The lowest BCUT2D eigenvalue weighted by Gasteiger charge is -2.33. The normalized spacial score (nSPS) is 17.0. The summed E-state index contributed by atoms with van der Waals surface area (Å²) in [4.78, 5) is 14.8. The van der Waals surface area contributed by atoms with Crippen molar-refractivity contribution in [1.82, 2.24) is 15.1 Å². The Labute approximate surface area is 158 Å². The van der Waals surface area contributed by atoms with Crippen LogP contribution in [-0.2, 0) is 0 Å². The van der Waals surface area contributed by atoms with Crippen LogP contribution in [0.2, 0.25) is 5.02 Å². The molecule has 3 rings (SSSR count). The first-order chi connectivity index (χ1) is 12.6. The quantitative estimate of drug-likeness (QED) is 0.866. The summed E-state index contributed by atoms with van der Waals surface area (Å²) in [5.74, 6) is 1.60. The molecule has 0 saturated carbocycles. The van der Waals surface area contributed by atoms with E-state index in [-0.39, 0.29) is 11.8 Å². The Kier molecular flexibility index (Phi) is 5.93. The van der Waals surface area contributed by atoms with Crippen molar-refractivity contribution in [3.8, 4) is 5.75 Å². The van der Waals surface area contributed by atoms with Gasteiger partial charge in [-0.2, -0.15) is 5.10 Å². The van der Waals surface area contributed by atoms with E-state index in [0.29, 0.717) is 29.6 Å². The molecule has 0 spiro atoms. The predicted molar refractivity (Wildman–Crippen MR) is 102 cm³/mol. The number of benzene rings is 1. The van der Waals surface area contributed by atoms with Gasteiger partial charge < -0.3 is 15.0 Å². The fourth-order valence-corrected chi connectivity index (χ4v) is 3.49. The standard InChI is InChI=1S/C19H23ClN4O2/c1-3-26-17-10-15(20)6-7-16(17)13-5-4-8-24(12-13)19(25)14-9-18(21-2)23-22-11-14/h6-7,9-11,13H,3-5,8,12H2,1-2H3,(H,21,23). The van der Waals surface area contributed by atoms with E-state index < -0.39 is 0 Å². The maximum atomic E-state index is 12.9. The lowest BCUT2D eigenvalue weighted by Crippen LogP contribution is -2.39. The number of nitrogens with one attached hydrogen (secondary N) is 1. The Bertz CT molecular complexity index is 784. The molecule has 7 heteroatoms. The van der Waals surface area contributed by atoms with Crippen LogP contribution >= 0.6 is 11.6 Å². The van der Waals surface area contributed by atoms with Gasteiger partial charge in [0.05, 0.1) is 18.4 Å². The number of ether oxygens (including phenoxy) is 1. The number of carbonyl (C=O) groups is 1. The average molecular weight is 375 g/mol. The van der Waals surface area contributed by atoms with E-state index in [1.54, 1.807) is 13.1 Å². The molecule has 1 amide bonds. The molecule has 1 fully saturated rings.